The molecule has 8 nitrogen and oxygen atoms in total. The van der Waals surface area contributed by atoms with Gasteiger partial charge in [0.25, 0.3) is 5.91 Å². The number of nitrogens with zero attached hydrogens (tertiary/aromatic N) is 1. The van der Waals surface area contributed by atoms with Gasteiger partial charge >= 0.3 is 0 Å². The second-order valence-electron chi connectivity index (χ2n) is 6.78. The van der Waals surface area contributed by atoms with Crippen LogP contribution >= 0.6 is 11.3 Å². The summed E-state index contributed by atoms with van der Waals surface area (Å²) in [6.07, 6.45) is 1.51. The zero-order valence-electron chi connectivity index (χ0n) is 17.1. The van der Waals surface area contributed by atoms with E-state index < -0.39 is 10.0 Å². The molecule has 166 valence electrons. The van der Waals surface area contributed by atoms with Crippen LogP contribution in [0.1, 0.15) is 21.6 Å². The third-order valence-corrected chi connectivity index (χ3v) is 6.32. The first-order valence-corrected chi connectivity index (χ1v) is 12.2. The molecule has 3 N–H and O–H groups in total. The highest BCUT2D eigenvalue weighted by atomic mass is 32.2. The molecule has 3 aromatic rings. The molecule has 0 bridgehead atoms. The van der Waals surface area contributed by atoms with Crippen LogP contribution in [-0.4, -0.2) is 31.8 Å². The SMILES string of the molecule is C=CCNS(=O)(=O)Cc1ccc(NC(=O)Cc2csc(NC(=O)c3ccccc3)n2)cc1. The number of rotatable bonds is 10. The topological polar surface area (TPSA) is 117 Å². The van der Waals surface area contributed by atoms with Crippen molar-refractivity contribution in [3.8, 4) is 0 Å². The number of thiazole rings is 1. The second kappa shape index (κ2) is 10.8. The summed E-state index contributed by atoms with van der Waals surface area (Å²) in [7, 11) is -3.44. The largest absolute Gasteiger partial charge is 0.326 e. The van der Waals surface area contributed by atoms with Crippen molar-refractivity contribution in [3.63, 3.8) is 0 Å². The van der Waals surface area contributed by atoms with Crippen molar-refractivity contribution in [3.05, 3.63) is 89.5 Å². The van der Waals surface area contributed by atoms with Crippen LogP contribution in [0.2, 0.25) is 0 Å². The quantitative estimate of drug-likeness (QED) is 0.394. The first kappa shape index (κ1) is 23.3. The van der Waals surface area contributed by atoms with Gasteiger partial charge in [0.1, 0.15) is 0 Å². The second-order valence-corrected chi connectivity index (χ2v) is 9.45. The van der Waals surface area contributed by atoms with Gasteiger partial charge in [0, 0.05) is 23.2 Å². The first-order chi connectivity index (χ1) is 15.3. The number of sulfonamides is 1. The Labute approximate surface area is 190 Å². The van der Waals surface area contributed by atoms with E-state index in [4.69, 9.17) is 0 Å². The van der Waals surface area contributed by atoms with Gasteiger partial charge < -0.3 is 5.32 Å². The van der Waals surface area contributed by atoms with Gasteiger partial charge in [-0.25, -0.2) is 18.1 Å². The number of carbonyl (C=O) groups is 2. The highest BCUT2D eigenvalue weighted by Crippen LogP contribution is 2.18. The maximum Gasteiger partial charge on any atom is 0.257 e. The molecular formula is C22H22N4O4S2. The molecule has 0 aliphatic rings. The maximum absolute atomic E-state index is 12.3. The van der Waals surface area contributed by atoms with Crippen LogP contribution in [-0.2, 0) is 27.0 Å². The van der Waals surface area contributed by atoms with Gasteiger partial charge in [-0.1, -0.05) is 36.4 Å². The Kier molecular flexibility index (Phi) is 7.87. The number of amides is 2. The van der Waals surface area contributed by atoms with Crippen LogP contribution in [0.3, 0.4) is 0 Å². The van der Waals surface area contributed by atoms with Crippen molar-refractivity contribution in [1.29, 1.82) is 0 Å². The molecule has 0 aliphatic carbocycles. The van der Waals surface area contributed by atoms with Crippen molar-refractivity contribution in [2.24, 2.45) is 0 Å². The van der Waals surface area contributed by atoms with Crippen molar-refractivity contribution in [1.82, 2.24) is 9.71 Å². The van der Waals surface area contributed by atoms with Gasteiger partial charge in [0.2, 0.25) is 15.9 Å². The van der Waals surface area contributed by atoms with E-state index in [0.29, 0.717) is 27.6 Å². The molecule has 0 aliphatic heterocycles. The normalized spacial score (nSPS) is 11.0. The Morgan fingerprint density at radius 3 is 2.44 bits per heavy atom. The van der Waals surface area contributed by atoms with Crippen LogP contribution in [0.4, 0.5) is 10.8 Å². The van der Waals surface area contributed by atoms with E-state index in [9.17, 15) is 18.0 Å². The summed E-state index contributed by atoms with van der Waals surface area (Å²) in [5.41, 5.74) is 2.20. The fraction of sp³-hybridized carbons (Fsp3) is 0.136. The Bertz CT molecular complexity index is 1190. The summed E-state index contributed by atoms with van der Waals surface area (Å²) in [6, 6.07) is 15.4. The molecule has 2 aromatic carbocycles. The van der Waals surface area contributed by atoms with Gasteiger partial charge in [-0.05, 0) is 29.8 Å². The predicted octanol–water partition coefficient (Wildman–Crippen LogP) is 3.18. The number of aromatic nitrogens is 1. The third kappa shape index (κ3) is 7.12. The van der Waals surface area contributed by atoms with E-state index in [1.54, 1.807) is 53.9 Å². The van der Waals surface area contributed by atoms with Gasteiger partial charge in [-0.2, -0.15) is 0 Å². The van der Waals surface area contributed by atoms with Gasteiger partial charge in [-0.15, -0.1) is 17.9 Å². The van der Waals surface area contributed by atoms with Crippen LogP contribution in [0.15, 0.2) is 72.6 Å². The zero-order valence-corrected chi connectivity index (χ0v) is 18.7. The minimum Gasteiger partial charge on any atom is -0.326 e. The van der Waals surface area contributed by atoms with E-state index >= 15 is 0 Å². The molecule has 0 saturated heterocycles. The molecule has 0 saturated carbocycles. The lowest BCUT2D eigenvalue weighted by atomic mass is 10.2. The number of nitrogens with one attached hydrogen (secondary N) is 3. The summed E-state index contributed by atoms with van der Waals surface area (Å²) in [5, 5.41) is 7.59. The molecule has 32 heavy (non-hydrogen) atoms. The molecule has 2 amide bonds. The number of hydrogen-bond acceptors (Lipinski definition) is 6. The zero-order chi connectivity index (χ0) is 23.0. The lowest BCUT2D eigenvalue weighted by molar-refractivity contribution is -0.115. The number of hydrogen-bond donors (Lipinski definition) is 3. The van der Waals surface area contributed by atoms with E-state index in [-0.39, 0.29) is 30.5 Å². The predicted molar refractivity (Wildman–Crippen MR) is 126 cm³/mol. The Balaban J connectivity index is 1.51. The number of carbonyl (C=O) groups excluding carboxylic acids is 2. The third-order valence-electron chi connectivity index (χ3n) is 4.19. The maximum atomic E-state index is 12.3. The Hall–Kier alpha value is -3.34. The minimum atomic E-state index is -3.44. The summed E-state index contributed by atoms with van der Waals surface area (Å²) in [6.45, 7) is 3.65. The molecular weight excluding hydrogens is 448 g/mol. The minimum absolute atomic E-state index is 0.0410. The van der Waals surface area contributed by atoms with Crippen molar-refractivity contribution in [2.75, 3.05) is 17.2 Å². The molecule has 3 rings (SSSR count). The molecule has 0 atom stereocenters. The summed E-state index contributed by atoms with van der Waals surface area (Å²) in [4.78, 5) is 28.8. The number of anilines is 2. The van der Waals surface area contributed by atoms with Crippen LogP contribution in [0.25, 0.3) is 0 Å². The van der Waals surface area contributed by atoms with E-state index in [1.165, 1.54) is 17.4 Å². The molecule has 0 unspecified atom stereocenters. The molecule has 0 fully saturated rings. The van der Waals surface area contributed by atoms with Crippen LogP contribution in [0, 0.1) is 0 Å². The monoisotopic (exact) mass is 470 g/mol. The molecule has 0 radical (unpaired) electrons. The highest BCUT2D eigenvalue weighted by Gasteiger charge is 2.13. The van der Waals surface area contributed by atoms with Crippen molar-refractivity contribution in [2.45, 2.75) is 12.2 Å². The average molecular weight is 471 g/mol. The molecule has 10 heteroatoms. The lowest BCUT2D eigenvalue weighted by Gasteiger charge is -2.07. The van der Waals surface area contributed by atoms with Crippen LogP contribution < -0.4 is 15.4 Å². The first-order valence-electron chi connectivity index (χ1n) is 9.62. The summed E-state index contributed by atoms with van der Waals surface area (Å²) >= 11 is 1.24. The Morgan fingerprint density at radius 2 is 1.75 bits per heavy atom. The Morgan fingerprint density at radius 1 is 1.03 bits per heavy atom. The van der Waals surface area contributed by atoms with E-state index in [1.807, 2.05) is 6.07 Å². The number of benzene rings is 2. The fourth-order valence-electron chi connectivity index (χ4n) is 2.71. The van der Waals surface area contributed by atoms with Crippen molar-refractivity contribution >= 4 is 44.0 Å². The summed E-state index contributed by atoms with van der Waals surface area (Å²) in [5.74, 6) is -0.701. The average Bonchev–Trinajstić information content (AvgIpc) is 3.20. The highest BCUT2D eigenvalue weighted by molar-refractivity contribution is 7.88. The van der Waals surface area contributed by atoms with E-state index in [0.717, 1.165) is 0 Å². The molecule has 0 spiro atoms. The lowest BCUT2D eigenvalue weighted by Crippen LogP contribution is -2.25. The van der Waals surface area contributed by atoms with Crippen molar-refractivity contribution < 1.29 is 18.0 Å². The standard InChI is InChI=1S/C22H22N4O4S2/c1-2-12-23-32(29,30)15-16-8-10-18(11-9-16)24-20(27)13-19-14-31-22(25-19)26-21(28)17-6-4-3-5-7-17/h2-11,14,23H,1,12-13,15H2,(H,24,27)(H,25,26,28). The fourth-order valence-corrected chi connectivity index (χ4v) is 4.53. The molecule has 1 heterocycles. The van der Waals surface area contributed by atoms with Gasteiger partial charge in [0.05, 0.1) is 17.9 Å². The molecule has 1 aromatic heterocycles. The van der Waals surface area contributed by atoms with Crippen LogP contribution in [0.5, 0.6) is 0 Å². The summed E-state index contributed by atoms with van der Waals surface area (Å²) < 4.78 is 26.2. The van der Waals surface area contributed by atoms with Gasteiger partial charge in [0.15, 0.2) is 5.13 Å². The smallest absolute Gasteiger partial charge is 0.257 e. The van der Waals surface area contributed by atoms with Gasteiger partial charge in [-0.3, -0.25) is 14.9 Å². The van der Waals surface area contributed by atoms with E-state index in [2.05, 4.69) is 26.9 Å².